The van der Waals surface area contributed by atoms with Crippen LogP contribution >= 0.6 is 0 Å². The summed E-state index contributed by atoms with van der Waals surface area (Å²) in [6, 6.07) is -1.35. The van der Waals surface area contributed by atoms with E-state index in [2.05, 4.69) is 5.32 Å². The zero-order valence-electron chi connectivity index (χ0n) is 30.5. The molecule has 0 spiro atoms. The molecule has 0 atom stereocenters. The second-order valence-corrected chi connectivity index (χ2v) is 5.81. The number of nitrogens with one attached hydrogen (secondary N) is 1. The Morgan fingerprint density at radius 2 is 1.32 bits per heavy atom. The fourth-order valence-corrected chi connectivity index (χ4v) is 2.82. The highest BCUT2D eigenvalue weighted by Crippen LogP contribution is 2.43. The molecular formula is C26H24N2. The van der Waals surface area contributed by atoms with Crippen molar-refractivity contribution < 1.29 is 21.9 Å². The van der Waals surface area contributed by atoms with E-state index in [1.54, 1.807) is 6.07 Å². The van der Waals surface area contributed by atoms with Gasteiger partial charge < -0.3 is 11.1 Å². The monoisotopic (exact) mass is 380 g/mol. The summed E-state index contributed by atoms with van der Waals surface area (Å²) in [7, 11) is 0. The molecule has 0 aliphatic rings. The number of nitrogens with two attached hydrogens (primary N) is 1. The molecule has 0 aliphatic carbocycles. The van der Waals surface area contributed by atoms with Crippen LogP contribution in [0.25, 0.3) is 22.3 Å². The average Bonchev–Trinajstić information content (AvgIpc) is 2.94. The Labute approximate surface area is 189 Å². The molecule has 28 heavy (non-hydrogen) atoms. The standard InChI is InChI=1S/C26H24N2/c1-18-17-19(2)25(21-13-7-4-8-14-21)26(24(18)20-11-5-3-6-12-20)28-23-16-10-9-15-22(23)27/h3-17,28H,27H2,1-2H3/i1D3,2D3,3D,4D,5D,6D,7D,8D,11D,12D,13D,14D. The van der Waals surface area contributed by atoms with Crippen LogP contribution in [0.15, 0.2) is 90.8 Å². The highest BCUT2D eigenvalue weighted by atomic mass is 14.9. The van der Waals surface area contributed by atoms with Crippen LogP contribution < -0.4 is 11.1 Å². The van der Waals surface area contributed by atoms with Crippen LogP contribution in [0.5, 0.6) is 0 Å². The molecule has 0 unspecified atom stereocenters. The van der Waals surface area contributed by atoms with E-state index in [1.165, 1.54) is 18.2 Å². The van der Waals surface area contributed by atoms with Crippen molar-refractivity contribution in [1.29, 1.82) is 0 Å². The molecule has 3 N–H and O–H groups in total. The van der Waals surface area contributed by atoms with Crippen LogP contribution in [0.1, 0.15) is 33.1 Å². The van der Waals surface area contributed by atoms with Crippen molar-refractivity contribution >= 4 is 17.1 Å². The summed E-state index contributed by atoms with van der Waals surface area (Å²) >= 11 is 0. The molecule has 0 saturated heterocycles. The first-order valence-corrected chi connectivity index (χ1v) is 8.19. The zero-order chi connectivity index (χ0) is 33.2. The number of para-hydroxylation sites is 2. The van der Waals surface area contributed by atoms with Gasteiger partial charge in [0.2, 0.25) is 0 Å². The van der Waals surface area contributed by atoms with Crippen molar-refractivity contribution in [3.05, 3.63) is 102 Å². The molecule has 0 radical (unpaired) electrons. The zero-order valence-corrected chi connectivity index (χ0v) is 14.5. The molecule has 0 saturated carbocycles. The van der Waals surface area contributed by atoms with Crippen LogP contribution in [0.2, 0.25) is 0 Å². The van der Waals surface area contributed by atoms with Gasteiger partial charge in [-0.25, -0.2) is 0 Å². The lowest BCUT2D eigenvalue weighted by molar-refractivity contribution is 1.37. The van der Waals surface area contributed by atoms with Gasteiger partial charge in [-0.05, 0) is 48.1 Å². The molecule has 2 nitrogen and oxygen atoms in total. The van der Waals surface area contributed by atoms with E-state index in [4.69, 9.17) is 27.7 Å². The molecule has 4 rings (SSSR count). The van der Waals surface area contributed by atoms with Gasteiger partial charge >= 0.3 is 0 Å². The van der Waals surface area contributed by atoms with Crippen molar-refractivity contribution in [2.45, 2.75) is 13.7 Å². The average molecular weight is 381 g/mol. The van der Waals surface area contributed by atoms with Crippen LogP contribution in [-0.2, 0) is 0 Å². The maximum absolute atomic E-state index is 8.65. The maximum Gasteiger partial charge on any atom is 0.0629 e. The Balaban J connectivity index is 2.45. The third-order valence-electron chi connectivity index (χ3n) is 4.05. The van der Waals surface area contributed by atoms with Crippen molar-refractivity contribution in [2.75, 3.05) is 11.1 Å². The highest BCUT2D eigenvalue weighted by molar-refractivity contribution is 5.96. The first kappa shape index (κ1) is 7.14. The molecule has 0 bridgehead atoms. The van der Waals surface area contributed by atoms with E-state index in [1.807, 2.05) is 0 Å². The van der Waals surface area contributed by atoms with Crippen molar-refractivity contribution in [3.8, 4) is 22.3 Å². The summed E-state index contributed by atoms with van der Waals surface area (Å²) in [6.07, 6.45) is 0. The van der Waals surface area contributed by atoms with Crippen LogP contribution in [-0.4, -0.2) is 0 Å². The topological polar surface area (TPSA) is 38.0 Å². The molecule has 2 heteroatoms. The predicted molar refractivity (Wildman–Crippen MR) is 121 cm³/mol. The lowest BCUT2D eigenvalue weighted by Gasteiger charge is -2.22. The molecule has 0 aromatic heterocycles. The number of aryl methyl sites for hydroxylation is 2. The van der Waals surface area contributed by atoms with Crippen LogP contribution in [0.3, 0.4) is 0 Å². The van der Waals surface area contributed by atoms with Gasteiger partial charge in [0.25, 0.3) is 0 Å². The van der Waals surface area contributed by atoms with Gasteiger partial charge in [-0.2, -0.15) is 0 Å². The molecule has 0 heterocycles. The van der Waals surface area contributed by atoms with Crippen molar-refractivity contribution in [1.82, 2.24) is 0 Å². The summed E-state index contributed by atoms with van der Waals surface area (Å²) in [6.45, 7) is -6.29. The largest absolute Gasteiger partial charge is 0.397 e. The Hall–Kier alpha value is -3.52. The number of benzene rings is 4. The van der Waals surface area contributed by atoms with E-state index in [9.17, 15) is 0 Å². The SMILES string of the molecule is [2H]c1c([2H])c([2H])c(-c2c(C([2H])([2H])[2H])cc(C([2H])([2H])[2H])c(-c3c([2H])c([2H])c([2H])c([2H])c3[2H])c2Nc2ccccc2N)c([2H])c1[2H]. The Kier molecular flexibility index (Phi) is 1.94. The molecule has 0 aliphatic heterocycles. The summed E-state index contributed by atoms with van der Waals surface area (Å²) < 4.78 is 133. The number of rotatable bonds is 4. The van der Waals surface area contributed by atoms with Gasteiger partial charge in [0.15, 0.2) is 0 Å². The Morgan fingerprint density at radius 1 is 0.786 bits per heavy atom. The second kappa shape index (κ2) is 7.61. The van der Waals surface area contributed by atoms with Crippen molar-refractivity contribution in [3.63, 3.8) is 0 Å². The smallest absolute Gasteiger partial charge is 0.0629 e. The summed E-state index contributed by atoms with van der Waals surface area (Å²) in [5, 5.41) is 2.85. The predicted octanol–water partition coefficient (Wildman–Crippen LogP) is 6.96. The maximum atomic E-state index is 8.65. The minimum absolute atomic E-state index is 0.0638. The fraction of sp³-hybridized carbons (Fsp3) is 0.0769. The quantitative estimate of drug-likeness (QED) is 0.375. The van der Waals surface area contributed by atoms with E-state index in [0.717, 1.165) is 6.07 Å². The minimum Gasteiger partial charge on any atom is -0.397 e. The molecular weight excluding hydrogens is 340 g/mol. The van der Waals surface area contributed by atoms with Gasteiger partial charge in [-0.1, -0.05) is 78.6 Å². The number of nitrogen functional groups attached to an aromatic ring is 1. The van der Waals surface area contributed by atoms with E-state index in [0.29, 0.717) is 0 Å². The molecule has 4 aromatic carbocycles. The fourth-order valence-electron chi connectivity index (χ4n) is 2.82. The number of anilines is 3. The van der Waals surface area contributed by atoms with Gasteiger partial charge in [0, 0.05) is 19.4 Å². The van der Waals surface area contributed by atoms with E-state index in [-0.39, 0.29) is 11.4 Å². The molecule has 0 amide bonds. The second-order valence-electron chi connectivity index (χ2n) is 5.81. The molecule has 0 fully saturated rings. The normalized spacial score (nSPS) is 19.7. The van der Waals surface area contributed by atoms with Gasteiger partial charge in [0.1, 0.15) is 0 Å². The van der Waals surface area contributed by atoms with Crippen molar-refractivity contribution in [2.24, 2.45) is 0 Å². The summed E-state index contributed by atoms with van der Waals surface area (Å²) in [5.41, 5.74) is 1.98. The third kappa shape index (κ3) is 3.37. The molecule has 138 valence electrons. The summed E-state index contributed by atoms with van der Waals surface area (Å²) in [5.74, 6) is 0. The lowest BCUT2D eigenvalue weighted by Crippen LogP contribution is -2.03. The Bertz CT molecular complexity index is 1660. The van der Waals surface area contributed by atoms with Gasteiger partial charge in [-0.15, -0.1) is 0 Å². The highest BCUT2D eigenvalue weighted by Gasteiger charge is 2.18. The first-order valence-electron chi connectivity index (χ1n) is 16.2. The summed E-state index contributed by atoms with van der Waals surface area (Å²) in [4.78, 5) is 0. The third-order valence-corrected chi connectivity index (χ3v) is 4.05. The molecule has 4 aromatic rings. The van der Waals surface area contributed by atoms with E-state index >= 15 is 0 Å². The van der Waals surface area contributed by atoms with Gasteiger partial charge in [-0.3, -0.25) is 0 Å². The number of hydrogen-bond donors (Lipinski definition) is 2. The van der Waals surface area contributed by atoms with Gasteiger partial charge in [0.05, 0.1) is 30.8 Å². The number of hydrogen-bond acceptors (Lipinski definition) is 2. The minimum atomic E-state index is -3.14. The first-order chi connectivity index (χ1) is 20.2. The van der Waals surface area contributed by atoms with Crippen LogP contribution in [0, 0.1) is 13.7 Å². The van der Waals surface area contributed by atoms with Crippen LogP contribution in [0.4, 0.5) is 17.1 Å². The lowest BCUT2D eigenvalue weighted by atomic mass is 9.89. The van der Waals surface area contributed by atoms with E-state index < -0.39 is 113 Å². The Morgan fingerprint density at radius 3 is 1.82 bits per heavy atom.